The zero-order chi connectivity index (χ0) is 27.1. The number of nitrogens with zero attached hydrogens (tertiary/aromatic N) is 2. The minimum atomic E-state index is -1.39. The minimum absolute atomic E-state index is 0.108. The predicted molar refractivity (Wildman–Crippen MR) is 151 cm³/mol. The molecule has 9 heteroatoms. The highest BCUT2D eigenvalue weighted by molar-refractivity contribution is 7.99. The average molecular weight is 560 g/mol. The molecule has 0 saturated carbocycles. The molecular weight excluding hydrogens is 525 g/mol. The Morgan fingerprint density at radius 1 is 1.26 bits per heavy atom. The van der Waals surface area contributed by atoms with Crippen LogP contribution in [0.15, 0.2) is 53.6 Å². The van der Waals surface area contributed by atoms with Gasteiger partial charge in [0.2, 0.25) is 5.91 Å². The van der Waals surface area contributed by atoms with Crippen molar-refractivity contribution >= 4 is 40.2 Å². The number of aromatic nitrogens is 1. The number of methoxy groups -OCH3 is 1. The maximum Gasteiger partial charge on any atom is 0.249 e. The van der Waals surface area contributed by atoms with Gasteiger partial charge in [-0.25, -0.2) is 9.87 Å². The van der Waals surface area contributed by atoms with E-state index in [9.17, 15) is 10.0 Å². The van der Waals surface area contributed by atoms with Crippen LogP contribution < -0.4 is 10.2 Å². The maximum atomic E-state index is 15.7. The van der Waals surface area contributed by atoms with Crippen molar-refractivity contribution in [2.75, 3.05) is 32.5 Å². The van der Waals surface area contributed by atoms with Crippen LogP contribution >= 0.6 is 23.4 Å². The molecule has 0 spiro atoms. The number of carbonyl (C=O) groups is 1. The number of likely N-dealkylation sites (tertiary alicyclic amines) is 1. The van der Waals surface area contributed by atoms with E-state index in [1.165, 1.54) is 16.7 Å². The van der Waals surface area contributed by atoms with Crippen LogP contribution in [0.5, 0.6) is 5.75 Å². The number of fused-ring (bicyclic) bond motifs is 1. The summed E-state index contributed by atoms with van der Waals surface area (Å²) in [5.41, 5.74) is 3.28. The zero-order valence-corrected chi connectivity index (χ0v) is 23.5. The van der Waals surface area contributed by atoms with Crippen LogP contribution in [0, 0.1) is 12.3 Å². The number of rotatable bonds is 11. The van der Waals surface area contributed by atoms with Gasteiger partial charge in [-0.2, -0.15) is 0 Å². The van der Waals surface area contributed by atoms with E-state index in [0.717, 1.165) is 31.8 Å². The van der Waals surface area contributed by atoms with Gasteiger partial charge in [-0.15, -0.1) is 11.8 Å². The molecule has 3 aromatic rings. The highest BCUT2D eigenvalue weighted by atomic mass is 35.5. The van der Waals surface area contributed by atoms with E-state index in [2.05, 4.69) is 41.1 Å². The Kier molecular flexibility index (Phi) is 9.87. The number of carbonyl (C=O) groups excluding carboxylic acids is 1. The molecule has 1 aliphatic rings. The lowest BCUT2D eigenvalue weighted by Crippen LogP contribution is -2.48. The molecule has 2 N–H and O–H groups in total. The maximum absolute atomic E-state index is 15.7. The van der Waals surface area contributed by atoms with Crippen molar-refractivity contribution < 1.29 is 19.1 Å². The number of halogens is 2. The van der Waals surface area contributed by atoms with E-state index in [0.29, 0.717) is 41.5 Å². The van der Waals surface area contributed by atoms with E-state index >= 15 is 4.39 Å². The number of ether oxygens (including phenoxy) is 1. The molecule has 1 amide bonds. The van der Waals surface area contributed by atoms with Crippen LogP contribution in [-0.2, 0) is 4.79 Å². The summed E-state index contributed by atoms with van der Waals surface area (Å²) in [6, 6.07) is 13.8. The van der Waals surface area contributed by atoms with Gasteiger partial charge in [-0.1, -0.05) is 29.3 Å². The molecule has 1 aromatic heterocycles. The van der Waals surface area contributed by atoms with Crippen molar-refractivity contribution in [2.24, 2.45) is 5.41 Å². The zero-order valence-electron chi connectivity index (χ0n) is 21.9. The molecule has 4 rings (SSSR count). The molecule has 1 atom stereocenters. The van der Waals surface area contributed by atoms with Gasteiger partial charge in [0.25, 0.3) is 0 Å². The van der Waals surface area contributed by atoms with E-state index in [4.69, 9.17) is 16.3 Å². The summed E-state index contributed by atoms with van der Waals surface area (Å²) in [6.45, 7) is 4.50. The SMILES string of the molecule is COc1ccc2ncc(Cl)c([C@H](F)CCC3(C(=O)NO)CCN(CCCSc4ccc(C)cc4)CC3)c2c1. The second-order valence-corrected chi connectivity index (χ2v) is 11.6. The number of nitrogens with one attached hydrogen (secondary N) is 1. The number of alkyl halides is 1. The van der Waals surface area contributed by atoms with Crippen molar-refractivity contribution in [1.29, 1.82) is 0 Å². The topological polar surface area (TPSA) is 74.7 Å². The van der Waals surface area contributed by atoms with Gasteiger partial charge in [-0.05, 0) is 94.7 Å². The molecule has 1 saturated heterocycles. The molecular formula is C29H35ClFN3O3S. The van der Waals surface area contributed by atoms with Crippen LogP contribution in [0.4, 0.5) is 4.39 Å². The molecule has 6 nitrogen and oxygen atoms in total. The first-order chi connectivity index (χ1) is 18.3. The second-order valence-electron chi connectivity index (χ2n) is 9.99. The Bertz CT molecular complexity index is 1240. The Morgan fingerprint density at radius 2 is 2.00 bits per heavy atom. The molecule has 204 valence electrons. The van der Waals surface area contributed by atoms with E-state index < -0.39 is 17.5 Å². The first-order valence-electron chi connectivity index (χ1n) is 13.0. The highest BCUT2D eigenvalue weighted by Gasteiger charge is 2.41. The average Bonchev–Trinajstić information content (AvgIpc) is 2.94. The van der Waals surface area contributed by atoms with Crippen LogP contribution in [0.1, 0.15) is 49.4 Å². The number of hydrogen-bond donors (Lipinski definition) is 2. The number of pyridine rings is 1. The van der Waals surface area contributed by atoms with Gasteiger partial charge in [0, 0.05) is 22.0 Å². The van der Waals surface area contributed by atoms with Crippen LogP contribution in [0.3, 0.4) is 0 Å². The molecule has 0 bridgehead atoms. The van der Waals surface area contributed by atoms with Crippen molar-refractivity contribution in [3.05, 3.63) is 64.8 Å². The number of piperidine rings is 1. The number of benzene rings is 2. The number of hydrogen-bond acceptors (Lipinski definition) is 6. The molecule has 0 aliphatic carbocycles. The third-order valence-electron chi connectivity index (χ3n) is 7.56. The first-order valence-corrected chi connectivity index (χ1v) is 14.3. The molecule has 1 aliphatic heterocycles. The van der Waals surface area contributed by atoms with Gasteiger partial charge < -0.3 is 9.64 Å². The van der Waals surface area contributed by atoms with Gasteiger partial charge in [0.05, 0.1) is 23.1 Å². The van der Waals surface area contributed by atoms with Crippen molar-refractivity contribution in [1.82, 2.24) is 15.4 Å². The van der Waals surface area contributed by atoms with Crippen molar-refractivity contribution in [3.8, 4) is 5.75 Å². The molecule has 1 fully saturated rings. The van der Waals surface area contributed by atoms with E-state index in [1.54, 1.807) is 25.3 Å². The van der Waals surface area contributed by atoms with Gasteiger partial charge >= 0.3 is 0 Å². The Morgan fingerprint density at radius 3 is 2.68 bits per heavy atom. The summed E-state index contributed by atoms with van der Waals surface area (Å²) in [6.07, 6.45) is 2.66. The predicted octanol–water partition coefficient (Wildman–Crippen LogP) is 6.77. The van der Waals surface area contributed by atoms with Crippen molar-refractivity contribution in [3.63, 3.8) is 0 Å². The minimum Gasteiger partial charge on any atom is -0.497 e. The Labute approximate surface area is 232 Å². The molecule has 2 heterocycles. The van der Waals surface area contributed by atoms with Crippen LogP contribution in [-0.4, -0.2) is 53.5 Å². The van der Waals surface area contributed by atoms with Crippen LogP contribution in [0.25, 0.3) is 10.9 Å². The van der Waals surface area contributed by atoms with E-state index in [1.807, 2.05) is 17.2 Å². The summed E-state index contributed by atoms with van der Waals surface area (Å²) in [5, 5.41) is 10.3. The monoisotopic (exact) mass is 559 g/mol. The standard InChI is InChI=1S/C29H35ClFN3O3S/c1-20-4-7-22(8-5-20)38-17-3-14-34-15-12-29(13-16-34,28(35)33-36)11-10-25(31)27-23-18-21(37-2)6-9-26(23)32-19-24(27)30/h4-9,18-19,25,36H,3,10-17H2,1-2H3,(H,33,35)/t25-/m1/s1. The Hall–Kier alpha value is -2.39. The lowest BCUT2D eigenvalue weighted by molar-refractivity contribution is -0.143. The molecule has 0 radical (unpaired) electrons. The summed E-state index contributed by atoms with van der Waals surface area (Å²) in [7, 11) is 1.55. The summed E-state index contributed by atoms with van der Waals surface area (Å²) in [5.74, 6) is 1.18. The third kappa shape index (κ3) is 6.78. The lowest BCUT2D eigenvalue weighted by Gasteiger charge is -2.40. The first kappa shape index (κ1) is 28.6. The quantitative estimate of drug-likeness (QED) is 0.117. The number of aryl methyl sites for hydroxylation is 1. The third-order valence-corrected chi connectivity index (χ3v) is 8.96. The summed E-state index contributed by atoms with van der Waals surface area (Å²) >= 11 is 8.24. The molecule has 2 aromatic carbocycles. The normalized spacial score (nSPS) is 16.3. The number of amides is 1. The molecule has 0 unspecified atom stereocenters. The largest absolute Gasteiger partial charge is 0.497 e. The fraction of sp³-hybridized carbons (Fsp3) is 0.448. The highest BCUT2D eigenvalue weighted by Crippen LogP contribution is 2.42. The van der Waals surface area contributed by atoms with Crippen molar-refractivity contribution in [2.45, 2.75) is 50.1 Å². The van der Waals surface area contributed by atoms with Gasteiger partial charge in [0.1, 0.15) is 11.9 Å². The fourth-order valence-electron chi connectivity index (χ4n) is 5.19. The summed E-state index contributed by atoms with van der Waals surface area (Å²) in [4.78, 5) is 20.7. The number of thioether (sulfide) groups is 1. The van der Waals surface area contributed by atoms with Crippen LogP contribution in [0.2, 0.25) is 5.02 Å². The number of hydroxylamine groups is 1. The van der Waals surface area contributed by atoms with E-state index in [-0.39, 0.29) is 11.4 Å². The summed E-state index contributed by atoms with van der Waals surface area (Å²) < 4.78 is 21.0. The van der Waals surface area contributed by atoms with Gasteiger partial charge in [-0.3, -0.25) is 15.0 Å². The second kappa shape index (κ2) is 13.1. The Balaban J connectivity index is 1.35. The lowest BCUT2D eigenvalue weighted by atomic mass is 9.73. The smallest absolute Gasteiger partial charge is 0.249 e. The van der Waals surface area contributed by atoms with Gasteiger partial charge in [0.15, 0.2) is 0 Å². The molecule has 38 heavy (non-hydrogen) atoms. The fourth-order valence-corrected chi connectivity index (χ4v) is 6.29.